The average molecular weight is 314 g/mol. The first-order valence-electron chi connectivity index (χ1n) is 6.61. The maximum atomic E-state index is 11.5. The van der Waals surface area contributed by atoms with Gasteiger partial charge in [0, 0.05) is 33.1 Å². The van der Waals surface area contributed by atoms with Gasteiger partial charge in [0.25, 0.3) is 0 Å². The number of rotatable bonds is 4. The largest absolute Gasteiger partial charge is 0.368 e. The number of hydrogen-bond acceptors (Lipinski definition) is 5. The van der Waals surface area contributed by atoms with E-state index in [9.17, 15) is 9.59 Å². The molecule has 0 bridgehead atoms. The van der Waals surface area contributed by atoms with Crippen LogP contribution in [0.5, 0.6) is 0 Å². The van der Waals surface area contributed by atoms with Crippen molar-refractivity contribution in [3.05, 3.63) is 18.3 Å². The van der Waals surface area contributed by atoms with Crippen LogP contribution in [-0.4, -0.2) is 49.5 Å². The topological polar surface area (TPSA) is 86.4 Å². The molecule has 2 amide bonds. The third-order valence-corrected chi connectivity index (χ3v) is 3.00. The molecule has 0 saturated carbocycles. The molecular weight excluding hydrogens is 294 g/mol. The monoisotopic (exact) mass is 313 g/mol. The van der Waals surface area contributed by atoms with Crippen molar-refractivity contribution in [2.24, 2.45) is 0 Å². The Morgan fingerprint density at radius 1 is 1.33 bits per heavy atom. The number of carbonyl (C=O) groups excluding carboxylic acids is 2. The summed E-state index contributed by atoms with van der Waals surface area (Å²) in [5.74, 6) is -0.0379. The predicted molar refractivity (Wildman–Crippen MR) is 83.9 cm³/mol. The minimum Gasteiger partial charge on any atom is -0.368 e. The maximum absolute atomic E-state index is 11.5. The lowest BCUT2D eigenvalue weighted by Gasteiger charge is -2.29. The van der Waals surface area contributed by atoms with E-state index in [0.717, 1.165) is 31.9 Å². The second kappa shape index (κ2) is 8.43. The molecule has 2 rings (SSSR count). The van der Waals surface area contributed by atoms with Crippen molar-refractivity contribution in [3.8, 4) is 0 Å². The van der Waals surface area contributed by atoms with Crippen LogP contribution in [0.25, 0.3) is 0 Å². The van der Waals surface area contributed by atoms with Crippen LogP contribution in [-0.2, 0) is 9.59 Å². The van der Waals surface area contributed by atoms with Gasteiger partial charge < -0.3 is 20.9 Å². The molecule has 0 aliphatic carbocycles. The SMILES string of the molecule is CC(=O)NCC(=O)Nc1ccc(N2CCNCC2)cn1.Cl. The first-order valence-corrected chi connectivity index (χ1v) is 6.61. The van der Waals surface area contributed by atoms with Crippen LogP contribution in [0, 0.1) is 0 Å². The number of pyridine rings is 1. The molecule has 1 aromatic heterocycles. The molecule has 2 heterocycles. The molecule has 1 aromatic rings. The Balaban J connectivity index is 0.00000220. The predicted octanol–water partition coefficient (Wildman–Crippen LogP) is -0.0124. The van der Waals surface area contributed by atoms with Gasteiger partial charge in [0.2, 0.25) is 11.8 Å². The highest BCUT2D eigenvalue weighted by atomic mass is 35.5. The van der Waals surface area contributed by atoms with Gasteiger partial charge in [-0.1, -0.05) is 0 Å². The second-order valence-electron chi connectivity index (χ2n) is 4.60. The smallest absolute Gasteiger partial charge is 0.244 e. The van der Waals surface area contributed by atoms with E-state index in [-0.39, 0.29) is 30.8 Å². The lowest BCUT2D eigenvalue weighted by molar-refractivity contribution is -0.122. The number of nitrogens with zero attached hydrogens (tertiary/aromatic N) is 2. The van der Waals surface area contributed by atoms with Gasteiger partial charge in [-0.05, 0) is 12.1 Å². The van der Waals surface area contributed by atoms with Crippen LogP contribution in [0.3, 0.4) is 0 Å². The first-order chi connectivity index (χ1) is 9.65. The van der Waals surface area contributed by atoms with Gasteiger partial charge in [-0.3, -0.25) is 9.59 Å². The molecular formula is C13H20ClN5O2. The zero-order valence-corrected chi connectivity index (χ0v) is 12.7. The summed E-state index contributed by atoms with van der Waals surface area (Å²) < 4.78 is 0. The van der Waals surface area contributed by atoms with Crippen LogP contribution in [0.1, 0.15) is 6.92 Å². The average Bonchev–Trinajstić information content (AvgIpc) is 2.47. The maximum Gasteiger partial charge on any atom is 0.244 e. The van der Waals surface area contributed by atoms with Crippen LogP contribution in [0.2, 0.25) is 0 Å². The Labute approximate surface area is 129 Å². The fourth-order valence-electron chi connectivity index (χ4n) is 1.96. The summed E-state index contributed by atoms with van der Waals surface area (Å²) in [7, 11) is 0. The van der Waals surface area contributed by atoms with Gasteiger partial charge in [-0.25, -0.2) is 4.98 Å². The molecule has 0 unspecified atom stereocenters. The van der Waals surface area contributed by atoms with E-state index >= 15 is 0 Å². The Hall–Kier alpha value is -1.86. The summed E-state index contributed by atoms with van der Waals surface area (Å²) in [5, 5.41) is 8.36. The standard InChI is InChI=1S/C13H19N5O2.ClH/c1-10(19)15-9-13(20)17-12-3-2-11(8-16-12)18-6-4-14-5-7-18;/h2-3,8,14H,4-7,9H2,1H3,(H,15,19)(H,16,17,20);1H. The highest BCUT2D eigenvalue weighted by Gasteiger charge is 2.11. The molecule has 116 valence electrons. The van der Waals surface area contributed by atoms with Crippen molar-refractivity contribution in [1.29, 1.82) is 0 Å². The lowest BCUT2D eigenvalue weighted by atomic mass is 10.3. The van der Waals surface area contributed by atoms with Gasteiger partial charge in [-0.2, -0.15) is 0 Å². The van der Waals surface area contributed by atoms with Crippen molar-refractivity contribution in [2.75, 3.05) is 42.9 Å². The minimum atomic E-state index is -0.289. The number of anilines is 2. The van der Waals surface area contributed by atoms with E-state index < -0.39 is 0 Å². The van der Waals surface area contributed by atoms with Crippen molar-refractivity contribution < 1.29 is 9.59 Å². The second-order valence-corrected chi connectivity index (χ2v) is 4.60. The van der Waals surface area contributed by atoms with Crippen LogP contribution < -0.4 is 20.9 Å². The van der Waals surface area contributed by atoms with Gasteiger partial charge in [0.1, 0.15) is 5.82 Å². The Morgan fingerprint density at radius 2 is 2.05 bits per heavy atom. The molecule has 1 aliphatic heterocycles. The summed E-state index contributed by atoms with van der Waals surface area (Å²) in [6.45, 7) is 5.17. The third-order valence-electron chi connectivity index (χ3n) is 3.00. The molecule has 1 saturated heterocycles. The number of piperazine rings is 1. The van der Waals surface area contributed by atoms with Crippen molar-refractivity contribution >= 4 is 35.7 Å². The van der Waals surface area contributed by atoms with Crippen LogP contribution in [0.4, 0.5) is 11.5 Å². The molecule has 8 heteroatoms. The highest BCUT2D eigenvalue weighted by Crippen LogP contribution is 2.15. The fraction of sp³-hybridized carbons (Fsp3) is 0.462. The van der Waals surface area contributed by atoms with E-state index in [1.807, 2.05) is 6.07 Å². The van der Waals surface area contributed by atoms with Crippen LogP contribution >= 0.6 is 12.4 Å². The van der Waals surface area contributed by atoms with Gasteiger partial charge in [0.15, 0.2) is 0 Å². The summed E-state index contributed by atoms with van der Waals surface area (Å²) in [4.78, 5) is 28.7. The van der Waals surface area contributed by atoms with E-state index in [2.05, 4.69) is 25.8 Å². The molecule has 0 radical (unpaired) electrons. The van der Waals surface area contributed by atoms with Gasteiger partial charge in [-0.15, -0.1) is 12.4 Å². The summed E-state index contributed by atoms with van der Waals surface area (Å²) in [6, 6.07) is 3.70. The minimum absolute atomic E-state index is 0. The Morgan fingerprint density at radius 3 is 2.62 bits per heavy atom. The van der Waals surface area contributed by atoms with Crippen LogP contribution in [0.15, 0.2) is 18.3 Å². The Bertz CT molecular complexity index is 474. The summed E-state index contributed by atoms with van der Waals surface area (Å²) in [5.41, 5.74) is 1.05. The lowest BCUT2D eigenvalue weighted by Crippen LogP contribution is -2.43. The van der Waals surface area contributed by atoms with Gasteiger partial charge in [0.05, 0.1) is 18.4 Å². The zero-order valence-electron chi connectivity index (χ0n) is 11.9. The Kier molecular flexibility index (Phi) is 6.90. The number of carbonyl (C=O) groups is 2. The molecule has 1 aliphatic rings. The molecule has 0 aromatic carbocycles. The normalized spacial score (nSPS) is 14.0. The molecule has 0 spiro atoms. The fourth-order valence-corrected chi connectivity index (χ4v) is 1.96. The van der Waals surface area contributed by atoms with Crippen molar-refractivity contribution in [1.82, 2.24) is 15.6 Å². The third kappa shape index (κ3) is 5.57. The van der Waals surface area contributed by atoms with Crippen molar-refractivity contribution in [3.63, 3.8) is 0 Å². The summed E-state index contributed by atoms with van der Waals surface area (Å²) >= 11 is 0. The first kappa shape index (κ1) is 17.2. The van der Waals surface area contributed by atoms with E-state index in [1.54, 1.807) is 12.3 Å². The number of hydrogen-bond donors (Lipinski definition) is 3. The molecule has 0 atom stereocenters. The molecule has 3 N–H and O–H groups in total. The number of amides is 2. The van der Waals surface area contributed by atoms with E-state index in [0.29, 0.717) is 5.82 Å². The quantitative estimate of drug-likeness (QED) is 0.728. The number of nitrogens with one attached hydrogen (secondary N) is 3. The van der Waals surface area contributed by atoms with E-state index in [1.165, 1.54) is 6.92 Å². The number of halogens is 1. The molecule has 7 nitrogen and oxygen atoms in total. The zero-order chi connectivity index (χ0) is 14.4. The summed E-state index contributed by atoms with van der Waals surface area (Å²) in [6.07, 6.45) is 1.75. The highest BCUT2D eigenvalue weighted by molar-refractivity contribution is 5.93. The van der Waals surface area contributed by atoms with Gasteiger partial charge >= 0.3 is 0 Å². The van der Waals surface area contributed by atoms with E-state index in [4.69, 9.17) is 0 Å². The number of aromatic nitrogens is 1. The molecule has 1 fully saturated rings. The molecule has 21 heavy (non-hydrogen) atoms. The van der Waals surface area contributed by atoms with Crippen molar-refractivity contribution in [2.45, 2.75) is 6.92 Å².